The molecule has 1 aliphatic heterocycles. The van der Waals surface area contributed by atoms with Gasteiger partial charge in [0.05, 0.1) is 12.2 Å². The molecule has 150 valence electrons. The van der Waals surface area contributed by atoms with Crippen molar-refractivity contribution in [2.45, 2.75) is 13.5 Å². The van der Waals surface area contributed by atoms with Gasteiger partial charge in [-0.3, -0.25) is 9.59 Å². The molecule has 0 aliphatic carbocycles. The number of nitrogens with zero attached hydrogens (tertiary/aromatic N) is 1. The third kappa shape index (κ3) is 3.87. The molecule has 1 heterocycles. The molecule has 0 spiro atoms. The van der Waals surface area contributed by atoms with Crippen LogP contribution in [0.15, 0.2) is 60.7 Å². The third-order valence-corrected chi connectivity index (χ3v) is 5.52. The molecule has 3 aromatic carbocycles. The van der Waals surface area contributed by atoms with E-state index in [9.17, 15) is 9.59 Å². The second-order valence-corrected chi connectivity index (χ2v) is 7.65. The Morgan fingerprint density at radius 1 is 0.900 bits per heavy atom. The van der Waals surface area contributed by atoms with Crippen molar-refractivity contribution in [2.75, 3.05) is 11.9 Å². The predicted molar refractivity (Wildman–Crippen MR) is 123 cm³/mol. The van der Waals surface area contributed by atoms with E-state index in [0.29, 0.717) is 17.1 Å². The summed E-state index contributed by atoms with van der Waals surface area (Å²) in [4.78, 5) is 26.0. The smallest absolute Gasteiger partial charge is 0.251 e. The predicted octanol–water partition coefficient (Wildman–Crippen LogP) is 5.40. The molecule has 30 heavy (non-hydrogen) atoms. The minimum Gasteiger partial charge on any atom is -0.355 e. The normalized spacial score (nSPS) is 12.4. The number of nitrogens with one attached hydrogen (secondary N) is 1. The Morgan fingerprint density at radius 3 is 2.30 bits per heavy atom. The first kappa shape index (κ1) is 19.9. The lowest BCUT2D eigenvalue weighted by atomic mass is 9.95. The van der Waals surface area contributed by atoms with Gasteiger partial charge in [-0.25, -0.2) is 0 Å². The topological polar surface area (TPSA) is 49.4 Å². The fraction of sp³-hybridized carbons (Fsp3) is 0.120. The maximum absolute atomic E-state index is 12.4. The molecule has 3 aromatic rings. The molecule has 0 aromatic heterocycles. The average Bonchev–Trinajstić information content (AvgIpc) is 2.74. The monoisotopic (exact) mass is 416 g/mol. The van der Waals surface area contributed by atoms with Gasteiger partial charge in [-0.05, 0) is 64.2 Å². The standard InChI is InChI=1S/C25H21ClN2O2/c1-16(29)28-15-22-13-20(17-3-7-19(8-4-17)25(30)27-2)9-5-18(22)6-10-21-14-23(26)11-12-24(21)28/h3-14H,15H2,1-2H3,(H,27,30). The van der Waals surface area contributed by atoms with Crippen LogP contribution < -0.4 is 10.2 Å². The van der Waals surface area contributed by atoms with Crippen molar-refractivity contribution in [2.24, 2.45) is 0 Å². The molecule has 0 unspecified atom stereocenters. The first-order valence-corrected chi connectivity index (χ1v) is 10.1. The van der Waals surface area contributed by atoms with Gasteiger partial charge in [-0.15, -0.1) is 0 Å². The summed E-state index contributed by atoms with van der Waals surface area (Å²) in [5.41, 5.74) is 6.52. The zero-order valence-electron chi connectivity index (χ0n) is 16.8. The van der Waals surface area contributed by atoms with Crippen LogP contribution in [-0.2, 0) is 11.3 Å². The number of anilines is 1. The Balaban J connectivity index is 1.75. The SMILES string of the molecule is CNC(=O)c1ccc(-c2ccc3c(c2)CN(C(C)=O)c2ccc(Cl)cc2C=C3)cc1. The molecule has 2 amide bonds. The number of hydrogen-bond acceptors (Lipinski definition) is 2. The molecular weight excluding hydrogens is 396 g/mol. The summed E-state index contributed by atoms with van der Waals surface area (Å²) >= 11 is 6.16. The first-order chi connectivity index (χ1) is 14.5. The molecule has 0 saturated heterocycles. The van der Waals surface area contributed by atoms with Gasteiger partial charge in [0.15, 0.2) is 0 Å². The number of carbonyl (C=O) groups excluding carboxylic acids is 2. The minimum absolute atomic E-state index is 0.0276. The minimum atomic E-state index is -0.110. The highest BCUT2D eigenvalue weighted by Crippen LogP contribution is 2.32. The van der Waals surface area contributed by atoms with Crippen LogP contribution >= 0.6 is 11.6 Å². The molecule has 0 saturated carbocycles. The Morgan fingerprint density at radius 2 is 1.60 bits per heavy atom. The number of fused-ring (bicyclic) bond motifs is 2. The van der Waals surface area contributed by atoms with Gasteiger partial charge in [0.25, 0.3) is 5.91 Å². The van der Waals surface area contributed by atoms with E-state index in [1.165, 1.54) is 0 Å². The summed E-state index contributed by atoms with van der Waals surface area (Å²) in [5, 5.41) is 3.27. The molecule has 0 atom stereocenters. The summed E-state index contributed by atoms with van der Waals surface area (Å²) in [6.07, 6.45) is 4.05. The maximum atomic E-state index is 12.4. The van der Waals surface area contributed by atoms with Crippen molar-refractivity contribution in [3.8, 4) is 11.1 Å². The van der Waals surface area contributed by atoms with Crippen LogP contribution in [0.4, 0.5) is 5.69 Å². The number of amides is 2. The maximum Gasteiger partial charge on any atom is 0.251 e. The molecule has 4 rings (SSSR count). The van der Waals surface area contributed by atoms with Gasteiger partial charge in [0.2, 0.25) is 5.91 Å². The fourth-order valence-electron chi connectivity index (χ4n) is 3.66. The molecule has 5 heteroatoms. The zero-order chi connectivity index (χ0) is 21.3. The van der Waals surface area contributed by atoms with Crippen molar-refractivity contribution in [1.29, 1.82) is 0 Å². The highest BCUT2D eigenvalue weighted by atomic mass is 35.5. The lowest BCUT2D eigenvalue weighted by molar-refractivity contribution is -0.116. The van der Waals surface area contributed by atoms with E-state index in [-0.39, 0.29) is 11.8 Å². The van der Waals surface area contributed by atoms with E-state index >= 15 is 0 Å². The largest absolute Gasteiger partial charge is 0.355 e. The van der Waals surface area contributed by atoms with E-state index in [0.717, 1.165) is 33.5 Å². The number of carbonyl (C=O) groups is 2. The van der Waals surface area contributed by atoms with Crippen LogP contribution in [0.1, 0.15) is 34.0 Å². The summed E-state index contributed by atoms with van der Waals surface area (Å²) < 4.78 is 0. The van der Waals surface area contributed by atoms with Crippen molar-refractivity contribution in [1.82, 2.24) is 5.32 Å². The van der Waals surface area contributed by atoms with Crippen LogP contribution in [0.25, 0.3) is 23.3 Å². The van der Waals surface area contributed by atoms with Gasteiger partial charge < -0.3 is 10.2 Å². The van der Waals surface area contributed by atoms with Crippen LogP contribution in [-0.4, -0.2) is 18.9 Å². The molecule has 1 N–H and O–H groups in total. The Labute approximate surface area is 180 Å². The second kappa shape index (κ2) is 8.17. The van der Waals surface area contributed by atoms with Gasteiger partial charge >= 0.3 is 0 Å². The van der Waals surface area contributed by atoms with Crippen LogP contribution in [0.2, 0.25) is 5.02 Å². The lowest BCUT2D eigenvalue weighted by Gasteiger charge is -2.26. The zero-order valence-corrected chi connectivity index (χ0v) is 17.5. The molecule has 0 bridgehead atoms. The molecule has 1 aliphatic rings. The Kier molecular flexibility index (Phi) is 5.42. The second-order valence-electron chi connectivity index (χ2n) is 7.21. The van der Waals surface area contributed by atoms with Crippen molar-refractivity contribution >= 4 is 41.3 Å². The fourth-order valence-corrected chi connectivity index (χ4v) is 3.84. The van der Waals surface area contributed by atoms with Crippen molar-refractivity contribution in [3.05, 3.63) is 87.9 Å². The highest BCUT2D eigenvalue weighted by molar-refractivity contribution is 6.30. The van der Waals surface area contributed by atoms with Crippen LogP contribution in [0.3, 0.4) is 0 Å². The van der Waals surface area contributed by atoms with Crippen LogP contribution in [0, 0.1) is 0 Å². The summed E-state index contributed by atoms with van der Waals surface area (Å²) in [7, 11) is 1.62. The Hall–Kier alpha value is -3.37. The lowest BCUT2D eigenvalue weighted by Crippen LogP contribution is -2.29. The molecule has 0 fully saturated rings. The number of hydrogen-bond donors (Lipinski definition) is 1. The van der Waals surface area contributed by atoms with E-state index in [4.69, 9.17) is 11.6 Å². The summed E-state index contributed by atoms with van der Waals surface area (Å²) in [6, 6.07) is 19.3. The average molecular weight is 417 g/mol. The number of benzene rings is 3. The van der Waals surface area contributed by atoms with Gasteiger partial charge in [-0.1, -0.05) is 48.0 Å². The number of rotatable bonds is 2. The van der Waals surface area contributed by atoms with E-state index in [1.807, 2.05) is 42.5 Å². The first-order valence-electron chi connectivity index (χ1n) is 9.67. The van der Waals surface area contributed by atoms with Crippen molar-refractivity contribution < 1.29 is 9.59 Å². The molecular formula is C25H21ClN2O2. The van der Waals surface area contributed by atoms with Gasteiger partial charge in [0.1, 0.15) is 0 Å². The highest BCUT2D eigenvalue weighted by Gasteiger charge is 2.19. The van der Waals surface area contributed by atoms with Crippen molar-refractivity contribution in [3.63, 3.8) is 0 Å². The van der Waals surface area contributed by atoms with Gasteiger partial charge in [-0.2, -0.15) is 0 Å². The number of halogens is 1. The van der Waals surface area contributed by atoms with Gasteiger partial charge in [0, 0.05) is 24.6 Å². The third-order valence-electron chi connectivity index (χ3n) is 5.28. The molecule has 0 radical (unpaired) electrons. The van der Waals surface area contributed by atoms with E-state index < -0.39 is 0 Å². The quantitative estimate of drug-likeness (QED) is 0.607. The van der Waals surface area contributed by atoms with E-state index in [1.54, 1.807) is 24.9 Å². The summed E-state index contributed by atoms with van der Waals surface area (Å²) in [5.74, 6) is -0.138. The molecule has 4 nitrogen and oxygen atoms in total. The van der Waals surface area contributed by atoms with E-state index in [2.05, 4.69) is 29.6 Å². The van der Waals surface area contributed by atoms with Crippen LogP contribution in [0.5, 0.6) is 0 Å². The Bertz CT molecular complexity index is 1170. The summed E-state index contributed by atoms with van der Waals surface area (Å²) in [6.45, 7) is 2.04.